The van der Waals surface area contributed by atoms with Crippen LogP contribution in [0.5, 0.6) is 0 Å². The molecule has 0 aromatic heterocycles. The zero-order chi connectivity index (χ0) is 16.2. The zero-order valence-electron chi connectivity index (χ0n) is 11.3. The molecule has 0 aromatic carbocycles. The summed E-state index contributed by atoms with van der Waals surface area (Å²) < 4.78 is 87.5. The highest BCUT2D eigenvalue weighted by atomic mass is 19.4. The maximum Gasteiger partial charge on any atom is 0.459 e. The zero-order valence-corrected chi connectivity index (χ0v) is 11.3. The monoisotopic (exact) mass is 312 g/mol. The molecule has 1 nitrogen and oxygen atoms in total. The number of alkyl halides is 7. The molecule has 1 N–H and O–H groups in total. The second-order valence-corrected chi connectivity index (χ2v) is 5.26. The van der Waals surface area contributed by atoms with Crippen LogP contribution in [0.15, 0.2) is 0 Å². The van der Waals surface area contributed by atoms with Gasteiger partial charge in [0, 0.05) is 6.42 Å². The highest BCUT2D eigenvalue weighted by Gasteiger charge is 2.73. The first-order chi connectivity index (χ1) is 8.77. The first-order valence-electron chi connectivity index (χ1n) is 6.31. The predicted octanol–water partition coefficient (Wildman–Crippen LogP) is 4.93. The van der Waals surface area contributed by atoms with E-state index in [0.717, 1.165) is 19.8 Å². The first kappa shape index (κ1) is 19.5. The molecule has 0 radical (unpaired) electrons. The Morgan fingerprint density at radius 2 is 1.35 bits per heavy atom. The van der Waals surface area contributed by atoms with Crippen LogP contribution in [0.2, 0.25) is 0 Å². The quantitative estimate of drug-likeness (QED) is 0.497. The molecule has 0 saturated heterocycles. The summed E-state index contributed by atoms with van der Waals surface area (Å²) in [5.74, 6) is -11.5. The molecule has 0 rings (SSSR count). The summed E-state index contributed by atoms with van der Waals surface area (Å²) in [4.78, 5) is 0. The lowest BCUT2D eigenvalue weighted by Crippen LogP contribution is -2.54. The minimum absolute atomic E-state index is 0.253. The number of aliphatic hydroxyl groups is 1. The lowest BCUT2D eigenvalue weighted by Gasteiger charge is -2.33. The van der Waals surface area contributed by atoms with Gasteiger partial charge in [0.25, 0.3) is 0 Å². The number of halogens is 7. The molecule has 0 saturated carbocycles. The van der Waals surface area contributed by atoms with Crippen LogP contribution in [0.4, 0.5) is 30.7 Å². The van der Waals surface area contributed by atoms with Crippen molar-refractivity contribution >= 4 is 0 Å². The Morgan fingerprint density at radius 3 is 1.75 bits per heavy atom. The summed E-state index contributed by atoms with van der Waals surface area (Å²) in [5.41, 5.74) is -2.27. The molecule has 0 aliphatic carbocycles. The van der Waals surface area contributed by atoms with E-state index in [-0.39, 0.29) is 12.8 Å². The molecule has 0 heterocycles. The molecular weight excluding hydrogens is 293 g/mol. The smallest absolute Gasteiger partial charge is 0.390 e. The van der Waals surface area contributed by atoms with Gasteiger partial charge in [-0.2, -0.15) is 30.7 Å². The predicted molar refractivity (Wildman–Crippen MR) is 59.9 cm³/mol. The fourth-order valence-electron chi connectivity index (χ4n) is 1.82. The average molecular weight is 312 g/mol. The Bertz CT molecular complexity index is 297. The molecule has 8 heteroatoms. The van der Waals surface area contributed by atoms with Gasteiger partial charge in [-0.25, -0.2) is 0 Å². The van der Waals surface area contributed by atoms with Crippen LogP contribution in [-0.4, -0.2) is 28.7 Å². The fraction of sp³-hybridized carbons (Fsp3) is 1.00. The molecule has 122 valence electrons. The van der Waals surface area contributed by atoms with Crippen molar-refractivity contribution in [1.29, 1.82) is 0 Å². The Kier molecular flexibility index (Phi) is 6.32. The summed E-state index contributed by atoms with van der Waals surface area (Å²) in [5, 5.41) is 9.60. The Balaban J connectivity index is 4.73. The Labute approximate surface area is 113 Å². The SMILES string of the molecule is CCCCCCC(C)(O)CC(F)(F)C(F)(F)C(F)(F)F. The first-order valence-corrected chi connectivity index (χ1v) is 6.31. The van der Waals surface area contributed by atoms with E-state index in [1.165, 1.54) is 0 Å². The second-order valence-electron chi connectivity index (χ2n) is 5.26. The summed E-state index contributed by atoms with van der Waals surface area (Å²) in [6, 6.07) is 0. The van der Waals surface area contributed by atoms with E-state index in [4.69, 9.17) is 0 Å². The Hall–Kier alpha value is -0.530. The maximum atomic E-state index is 13.1. The van der Waals surface area contributed by atoms with Gasteiger partial charge in [-0.1, -0.05) is 32.6 Å². The van der Waals surface area contributed by atoms with E-state index in [9.17, 15) is 35.8 Å². The molecule has 0 aliphatic rings. The third kappa shape index (κ3) is 5.10. The van der Waals surface area contributed by atoms with Gasteiger partial charge in [-0.3, -0.25) is 0 Å². The lowest BCUT2D eigenvalue weighted by atomic mass is 9.89. The average Bonchev–Trinajstić information content (AvgIpc) is 2.21. The van der Waals surface area contributed by atoms with Crippen molar-refractivity contribution in [3.8, 4) is 0 Å². The molecule has 0 spiro atoms. The van der Waals surface area contributed by atoms with Gasteiger partial charge >= 0.3 is 18.0 Å². The summed E-state index contributed by atoms with van der Waals surface area (Å²) in [6.07, 6.45) is -6.05. The number of hydrogen-bond acceptors (Lipinski definition) is 1. The molecule has 1 unspecified atom stereocenters. The van der Waals surface area contributed by atoms with E-state index in [1.54, 1.807) is 0 Å². The van der Waals surface area contributed by atoms with Crippen LogP contribution >= 0.6 is 0 Å². The van der Waals surface area contributed by atoms with Gasteiger partial charge in [0.2, 0.25) is 0 Å². The van der Waals surface area contributed by atoms with E-state index in [0.29, 0.717) is 6.42 Å². The van der Waals surface area contributed by atoms with Gasteiger partial charge in [-0.05, 0) is 13.3 Å². The van der Waals surface area contributed by atoms with Crippen molar-refractivity contribution in [3.63, 3.8) is 0 Å². The fourth-order valence-corrected chi connectivity index (χ4v) is 1.82. The number of unbranched alkanes of at least 4 members (excludes halogenated alkanes) is 3. The lowest BCUT2D eigenvalue weighted by molar-refractivity contribution is -0.361. The van der Waals surface area contributed by atoms with Gasteiger partial charge in [0.1, 0.15) is 0 Å². The van der Waals surface area contributed by atoms with Crippen LogP contribution in [-0.2, 0) is 0 Å². The molecule has 20 heavy (non-hydrogen) atoms. The normalized spacial score (nSPS) is 17.1. The van der Waals surface area contributed by atoms with Crippen LogP contribution < -0.4 is 0 Å². The highest BCUT2D eigenvalue weighted by molar-refractivity contribution is 4.95. The maximum absolute atomic E-state index is 13.1. The third-order valence-electron chi connectivity index (χ3n) is 2.99. The van der Waals surface area contributed by atoms with Gasteiger partial charge < -0.3 is 5.11 Å². The molecule has 0 aromatic rings. The van der Waals surface area contributed by atoms with Crippen LogP contribution in [0, 0.1) is 0 Å². The molecule has 0 aliphatic heterocycles. The molecule has 0 fully saturated rings. The van der Waals surface area contributed by atoms with Crippen molar-refractivity contribution in [2.24, 2.45) is 0 Å². The summed E-state index contributed by atoms with van der Waals surface area (Å²) in [7, 11) is 0. The van der Waals surface area contributed by atoms with E-state index < -0.39 is 30.0 Å². The highest BCUT2D eigenvalue weighted by Crippen LogP contribution is 2.49. The van der Waals surface area contributed by atoms with E-state index in [1.807, 2.05) is 6.92 Å². The van der Waals surface area contributed by atoms with Crippen LogP contribution in [0.3, 0.4) is 0 Å². The van der Waals surface area contributed by atoms with Crippen molar-refractivity contribution in [3.05, 3.63) is 0 Å². The standard InChI is InChI=1S/C12H19F7O/c1-3-4-5-6-7-9(2,20)8-10(13,14)11(15,16)12(17,18)19/h20H,3-8H2,1-2H3. The van der Waals surface area contributed by atoms with Gasteiger partial charge in [0.15, 0.2) is 0 Å². The number of rotatable bonds is 8. The summed E-state index contributed by atoms with van der Waals surface area (Å²) in [6.45, 7) is 2.73. The summed E-state index contributed by atoms with van der Waals surface area (Å²) >= 11 is 0. The largest absolute Gasteiger partial charge is 0.459 e. The molecule has 0 amide bonds. The third-order valence-corrected chi connectivity index (χ3v) is 2.99. The van der Waals surface area contributed by atoms with Crippen LogP contribution in [0.1, 0.15) is 52.4 Å². The minimum atomic E-state index is -6.35. The van der Waals surface area contributed by atoms with Crippen molar-refractivity contribution < 1.29 is 35.8 Å². The van der Waals surface area contributed by atoms with Crippen molar-refractivity contribution in [1.82, 2.24) is 0 Å². The molecular formula is C12H19F7O. The van der Waals surface area contributed by atoms with E-state index >= 15 is 0 Å². The van der Waals surface area contributed by atoms with E-state index in [2.05, 4.69) is 0 Å². The Morgan fingerprint density at radius 1 is 0.850 bits per heavy atom. The second kappa shape index (κ2) is 6.49. The minimum Gasteiger partial charge on any atom is -0.390 e. The molecule has 0 bridgehead atoms. The number of hydrogen-bond donors (Lipinski definition) is 1. The van der Waals surface area contributed by atoms with Crippen molar-refractivity contribution in [2.45, 2.75) is 76.0 Å². The van der Waals surface area contributed by atoms with Crippen LogP contribution in [0.25, 0.3) is 0 Å². The topological polar surface area (TPSA) is 20.2 Å². The van der Waals surface area contributed by atoms with Gasteiger partial charge in [-0.15, -0.1) is 0 Å². The molecule has 1 atom stereocenters. The van der Waals surface area contributed by atoms with Gasteiger partial charge in [0.05, 0.1) is 5.60 Å². The van der Waals surface area contributed by atoms with Crippen molar-refractivity contribution in [2.75, 3.05) is 0 Å².